The Balaban J connectivity index is 1.45. The highest BCUT2D eigenvalue weighted by atomic mass is 35.5. The van der Waals surface area contributed by atoms with Gasteiger partial charge in [0.25, 0.3) is 0 Å². The smallest absolute Gasteiger partial charge is 0.222 e. The lowest BCUT2D eigenvalue weighted by molar-refractivity contribution is -0.121. The number of rotatable bonds is 12. The lowest BCUT2D eigenvalue weighted by atomic mass is 10.1. The van der Waals surface area contributed by atoms with Crippen LogP contribution in [0, 0.1) is 6.92 Å². The van der Waals surface area contributed by atoms with E-state index in [1.54, 1.807) is 19.6 Å². The molecule has 1 fully saturated rings. The van der Waals surface area contributed by atoms with E-state index < -0.39 is 0 Å². The number of nitrogens with zero attached hydrogens (tertiary/aromatic N) is 6. The molecule has 0 radical (unpaired) electrons. The number of hydrogen-bond acceptors (Lipinski definition) is 7. The van der Waals surface area contributed by atoms with Crippen LogP contribution in [0.4, 0.5) is 5.82 Å². The minimum Gasteiger partial charge on any atom is -0.495 e. The number of unbranched alkanes of at least 4 members (excludes halogenated alkanes) is 1. The number of ether oxygens (including phenoxy) is 1. The van der Waals surface area contributed by atoms with Gasteiger partial charge < -0.3 is 19.5 Å². The molecule has 0 aliphatic carbocycles. The quantitative estimate of drug-likeness (QED) is 0.373. The Labute approximate surface area is 230 Å². The molecule has 9 nitrogen and oxygen atoms in total. The minimum absolute atomic E-state index is 0.00962. The molecule has 1 amide bonds. The first-order chi connectivity index (χ1) is 18.4. The maximum Gasteiger partial charge on any atom is 0.222 e. The summed E-state index contributed by atoms with van der Waals surface area (Å²) >= 11 is 6.26. The zero-order chi connectivity index (χ0) is 26.9. The molecule has 1 atom stereocenters. The van der Waals surface area contributed by atoms with E-state index in [0.29, 0.717) is 23.7 Å². The summed E-state index contributed by atoms with van der Waals surface area (Å²) in [6.07, 6.45) is 8.95. The number of amides is 1. The zero-order valence-corrected chi connectivity index (χ0v) is 23.3. The Bertz CT molecular complexity index is 1190. The van der Waals surface area contributed by atoms with Gasteiger partial charge in [0, 0.05) is 69.7 Å². The molecule has 1 aliphatic heterocycles. The highest BCUT2D eigenvalue weighted by molar-refractivity contribution is 6.32. The van der Waals surface area contributed by atoms with Gasteiger partial charge in [-0.25, -0.2) is 15.0 Å². The van der Waals surface area contributed by atoms with Crippen LogP contribution in [0.2, 0.25) is 5.02 Å². The van der Waals surface area contributed by atoms with Gasteiger partial charge in [-0.1, -0.05) is 31.0 Å². The predicted molar refractivity (Wildman–Crippen MR) is 150 cm³/mol. The number of benzene rings is 1. The van der Waals surface area contributed by atoms with Crippen LogP contribution in [-0.4, -0.2) is 69.7 Å². The number of carbonyl (C=O) groups excluding carboxylic acids is 1. The van der Waals surface area contributed by atoms with Crippen molar-refractivity contribution < 1.29 is 9.53 Å². The number of methoxy groups -OCH3 is 1. The predicted octanol–water partition coefficient (Wildman–Crippen LogP) is 3.88. The van der Waals surface area contributed by atoms with E-state index >= 15 is 0 Å². The number of nitrogens with one attached hydrogen (secondary N) is 1. The standard InChI is InChI=1S/C28H38ClN7O2/c1-4-5-10-34-13-14-36(27-15-21(2)32-26(33-27)8-11-35-12-9-30-20-35)23(19-34)17-28(37)31-18-22-6-7-25(38-3)24(29)16-22/h6-7,9,12,15-16,20,23H,4-5,8,10-11,13-14,17-19H2,1-3H3,(H,31,37). The van der Waals surface area contributed by atoms with Crippen LogP contribution in [0.1, 0.15) is 43.3 Å². The van der Waals surface area contributed by atoms with Crippen LogP contribution < -0.4 is 15.0 Å². The topological polar surface area (TPSA) is 88.4 Å². The fraction of sp³-hybridized carbons (Fsp3) is 0.500. The number of carbonyl (C=O) groups is 1. The van der Waals surface area contributed by atoms with Crippen LogP contribution in [0.5, 0.6) is 5.75 Å². The van der Waals surface area contributed by atoms with Crippen molar-refractivity contribution in [2.45, 2.75) is 58.7 Å². The fourth-order valence-corrected chi connectivity index (χ4v) is 5.09. The highest BCUT2D eigenvalue weighted by Crippen LogP contribution is 2.25. The lowest BCUT2D eigenvalue weighted by Gasteiger charge is -2.42. The molecule has 3 heterocycles. The van der Waals surface area contributed by atoms with Crippen molar-refractivity contribution in [3.8, 4) is 5.75 Å². The van der Waals surface area contributed by atoms with Crippen molar-refractivity contribution in [2.24, 2.45) is 0 Å². The monoisotopic (exact) mass is 539 g/mol. The number of imidazole rings is 1. The van der Waals surface area contributed by atoms with Crippen molar-refractivity contribution >= 4 is 23.3 Å². The molecule has 38 heavy (non-hydrogen) atoms. The molecule has 2 aromatic heterocycles. The van der Waals surface area contributed by atoms with E-state index in [1.165, 1.54) is 0 Å². The number of halogens is 1. The summed E-state index contributed by atoms with van der Waals surface area (Å²) in [6, 6.07) is 7.62. The number of aromatic nitrogens is 4. The van der Waals surface area contributed by atoms with E-state index in [9.17, 15) is 4.79 Å². The lowest BCUT2D eigenvalue weighted by Crippen LogP contribution is -2.55. The van der Waals surface area contributed by atoms with Crippen molar-refractivity contribution in [2.75, 3.05) is 38.2 Å². The molecule has 0 bridgehead atoms. The maximum absolute atomic E-state index is 13.1. The summed E-state index contributed by atoms with van der Waals surface area (Å²) in [7, 11) is 1.59. The summed E-state index contributed by atoms with van der Waals surface area (Å²) in [6.45, 7) is 9.06. The first kappa shape index (κ1) is 27.9. The largest absolute Gasteiger partial charge is 0.495 e. The Kier molecular flexibility index (Phi) is 9.95. The fourth-order valence-electron chi connectivity index (χ4n) is 4.81. The molecule has 1 unspecified atom stereocenters. The van der Waals surface area contributed by atoms with Gasteiger partial charge in [0.05, 0.1) is 24.5 Å². The third kappa shape index (κ3) is 7.68. The van der Waals surface area contributed by atoms with Gasteiger partial charge >= 0.3 is 0 Å². The summed E-state index contributed by atoms with van der Waals surface area (Å²) < 4.78 is 7.25. The van der Waals surface area contributed by atoms with Crippen molar-refractivity contribution in [1.29, 1.82) is 0 Å². The molecular formula is C28H38ClN7O2. The van der Waals surface area contributed by atoms with Crippen LogP contribution in [0.3, 0.4) is 0 Å². The molecule has 3 aromatic rings. The SMILES string of the molecule is CCCCN1CCN(c2cc(C)nc(CCn3ccnc3)n2)C(CC(=O)NCc2ccc(OC)c(Cl)c2)C1. The third-order valence-corrected chi connectivity index (χ3v) is 7.15. The number of anilines is 1. The van der Waals surface area contributed by atoms with Crippen LogP contribution in [-0.2, 0) is 24.3 Å². The average Bonchev–Trinajstić information content (AvgIpc) is 3.43. The first-order valence-corrected chi connectivity index (χ1v) is 13.7. The van der Waals surface area contributed by atoms with Gasteiger partial charge in [0.1, 0.15) is 17.4 Å². The summed E-state index contributed by atoms with van der Waals surface area (Å²) in [5.41, 5.74) is 1.87. The molecule has 1 aliphatic rings. The van der Waals surface area contributed by atoms with Gasteiger partial charge in [-0.05, 0) is 37.6 Å². The Morgan fingerprint density at radius 3 is 2.82 bits per heavy atom. The zero-order valence-electron chi connectivity index (χ0n) is 22.6. The van der Waals surface area contributed by atoms with Gasteiger partial charge in [-0.15, -0.1) is 0 Å². The molecule has 0 spiro atoms. The second-order valence-electron chi connectivity index (χ2n) is 9.79. The van der Waals surface area contributed by atoms with E-state index in [0.717, 1.165) is 74.9 Å². The van der Waals surface area contributed by atoms with E-state index in [2.05, 4.69) is 32.0 Å². The van der Waals surface area contributed by atoms with Gasteiger partial charge in [0.15, 0.2) is 0 Å². The second-order valence-corrected chi connectivity index (χ2v) is 10.2. The third-order valence-electron chi connectivity index (χ3n) is 6.86. The van der Waals surface area contributed by atoms with E-state index in [1.807, 2.05) is 42.0 Å². The van der Waals surface area contributed by atoms with Crippen molar-refractivity contribution in [3.63, 3.8) is 0 Å². The summed E-state index contributed by atoms with van der Waals surface area (Å²) in [5.74, 6) is 2.33. The molecule has 1 aromatic carbocycles. The Hall–Kier alpha value is -3.17. The van der Waals surface area contributed by atoms with Crippen LogP contribution in [0.25, 0.3) is 0 Å². The van der Waals surface area contributed by atoms with E-state index in [4.69, 9.17) is 21.3 Å². The van der Waals surface area contributed by atoms with Gasteiger partial charge in [-0.3, -0.25) is 9.69 Å². The Morgan fingerprint density at radius 1 is 1.21 bits per heavy atom. The van der Waals surface area contributed by atoms with E-state index in [-0.39, 0.29) is 11.9 Å². The molecule has 1 saturated heterocycles. The number of piperazine rings is 1. The van der Waals surface area contributed by atoms with Crippen LogP contribution >= 0.6 is 11.6 Å². The normalized spacial score (nSPS) is 16.0. The molecule has 10 heteroatoms. The molecular weight excluding hydrogens is 502 g/mol. The van der Waals surface area contributed by atoms with Crippen molar-refractivity contribution in [3.05, 3.63) is 65.1 Å². The number of aryl methyl sites for hydroxylation is 3. The van der Waals surface area contributed by atoms with Gasteiger partial charge in [-0.2, -0.15) is 0 Å². The molecule has 204 valence electrons. The molecule has 0 saturated carbocycles. The summed E-state index contributed by atoms with van der Waals surface area (Å²) in [5, 5.41) is 3.61. The Morgan fingerprint density at radius 2 is 2.08 bits per heavy atom. The number of hydrogen-bond donors (Lipinski definition) is 1. The highest BCUT2D eigenvalue weighted by Gasteiger charge is 2.30. The first-order valence-electron chi connectivity index (χ1n) is 13.3. The van der Waals surface area contributed by atoms with Gasteiger partial charge in [0.2, 0.25) is 5.91 Å². The average molecular weight is 540 g/mol. The molecule has 1 N–H and O–H groups in total. The summed E-state index contributed by atoms with van der Waals surface area (Å²) in [4.78, 5) is 31.6. The maximum atomic E-state index is 13.1. The second kappa shape index (κ2) is 13.6. The minimum atomic E-state index is 0.00962. The van der Waals surface area contributed by atoms with Crippen molar-refractivity contribution in [1.82, 2.24) is 29.7 Å². The van der Waals surface area contributed by atoms with Crippen LogP contribution in [0.15, 0.2) is 43.0 Å². The molecule has 4 rings (SSSR count).